The first kappa shape index (κ1) is 10.1. The first-order valence-corrected chi connectivity index (χ1v) is 3.58. The molecular formula is C7H13NO3. The van der Waals surface area contributed by atoms with Crippen molar-refractivity contribution in [3.63, 3.8) is 0 Å². The summed E-state index contributed by atoms with van der Waals surface area (Å²) >= 11 is 0. The minimum atomic E-state index is -0.180. The highest BCUT2D eigenvalue weighted by Crippen LogP contribution is 1.88. The first-order chi connectivity index (χ1) is 5.26. The number of Topliss-reactive ketones (excluding diaryl/α,β-unsaturated/α-hetero) is 1. The van der Waals surface area contributed by atoms with E-state index in [0.717, 1.165) is 0 Å². The first-order valence-electron chi connectivity index (χ1n) is 3.58. The summed E-state index contributed by atoms with van der Waals surface area (Å²) in [5, 5.41) is 11.2. The van der Waals surface area contributed by atoms with Crippen LogP contribution in [-0.2, 0) is 9.53 Å². The predicted molar refractivity (Wildman–Crippen MR) is 41.0 cm³/mol. The van der Waals surface area contributed by atoms with Gasteiger partial charge in [0, 0.05) is 13.0 Å². The summed E-state index contributed by atoms with van der Waals surface area (Å²) in [6, 6.07) is 0. The molecule has 4 nitrogen and oxygen atoms in total. The van der Waals surface area contributed by atoms with Crippen LogP contribution in [0.5, 0.6) is 0 Å². The Labute approximate surface area is 65.8 Å². The van der Waals surface area contributed by atoms with E-state index >= 15 is 0 Å². The van der Waals surface area contributed by atoms with E-state index in [2.05, 4.69) is 5.16 Å². The van der Waals surface area contributed by atoms with Crippen LogP contribution in [0.2, 0.25) is 0 Å². The summed E-state index contributed by atoms with van der Waals surface area (Å²) < 4.78 is 4.90. The van der Waals surface area contributed by atoms with Gasteiger partial charge in [-0.05, 0) is 6.92 Å². The van der Waals surface area contributed by atoms with Gasteiger partial charge in [0.25, 0.3) is 0 Å². The van der Waals surface area contributed by atoms with E-state index < -0.39 is 0 Å². The second kappa shape index (κ2) is 5.85. The van der Waals surface area contributed by atoms with Crippen molar-refractivity contribution in [2.75, 3.05) is 13.2 Å². The zero-order valence-electron chi connectivity index (χ0n) is 6.83. The van der Waals surface area contributed by atoms with Gasteiger partial charge in [0.1, 0.15) is 5.71 Å². The van der Waals surface area contributed by atoms with E-state index in [4.69, 9.17) is 9.94 Å². The number of carbonyl (C=O) groups is 1. The molecule has 1 N–H and O–H groups in total. The number of oxime groups is 1. The smallest absolute Gasteiger partial charge is 0.182 e. The second-order valence-corrected chi connectivity index (χ2v) is 1.96. The molecule has 0 atom stereocenters. The number of carbonyl (C=O) groups excluding carboxylic acids is 1. The molecule has 0 heterocycles. The minimum absolute atomic E-state index is 0.0920. The van der Waals surface area contributed by atoms with Crippen LogP contribution in [-0.4, -0.2) is 29.9 Å². The zero-order chi connectivity index (χ0) is 8.69. The van der Waals surface area contributed by atoms with E-state index in [0.29, 0.717) is 13.0 Å². The molecule has 11 heavy (non-hydrogen) atoms. The lowest BCUT2D eigenvalue weighted by molar-refractivity contribution is -0.113. The van der Waals surface area contributed by atoms with Gasteiger partial charge in [0.05, 0.1) is 6.61 Å². The van der Waals surface area contributed by atoms with Crippen molar-refractivity contribution in [3.05, 3.63) is 0 Å². The number of hydrogen-bond donors (Lipinski definition) is 1. The van der Waals surface area contributed by atoms with Crippen LogP contribution in [0.3, 0.4) is 0 Å². The number of rotatable bonds is 5. The van der Waals surface area contributed by atoms with Gasteiger partial charge in [0.2, 0.25) is 0 Å². The quantitative estimate of drug-likeness (QED) is 0.367. The largest absolute Gasteiger partial charge is 0.410 e. The molecule has 64 valence electrons. The minimum Gasteiger partial charge on any atom is -0.410 e. The fourth-order valence-electron chi connectivity index (χ4n) is 0.568. The molecule has 0 bridgehead atoms. The normalized spacial score (nSPS) is 11.6. The van der Waals surface area contributed by atoms with Crippen molar-refractivity contribution in [1.29, 1.82) is 0 Å². The van der Waals surface area contributed by atoms with Crippen LogP contribution in [0, 0.1) is 0 Å². The lowest BCUT2D eigenvalue weighted by atomic mass is 10.2. The highest BCUT2D eigenvalue weighted by atomic mass is 16.5. The summed E-state index contributed by atoms with van der Waals surface area (Å²) in [6.07, 6.45) is 0.340. The Bertz CT molecular complexity index is 154. The SMILES string of the molecule is CCOC/C(=N\O)C(=O)CC. The number of hydrogen-bond acceptors (Lipinski definition) is 4. The molecule has 0 fully saturated rings. The van der Waals surface area contributed by atoms with Gasteiger partial charge in [-0.25, -0.2) is 0 Å². The Kier molecular flexibility index (Phi) is 5.37. The van der Waals surface area contributed by atoms with Crippen LogP contribution in [0.1, 0.15) is 20.3 Å². The van der Waals surface area contributed by atoms with Crippen LogP contribution in [0.15, 0.2) is 5.16 Å². The summed E-state index contributed by atoms with van der Waals surface area (Å²) in [4.78, 5) is 10.9. The van der Waals surface area contributed by atoms with Gasteiger partial charge in [0.15, 0.2) is 5.78 Å². The van der Waals surface area contributed by atoms with Crippen molar-refractivity contribution in [1.82, 2.24) is 0 Å². The maximum absolute atomic E-state index is 10.9. The Hall–Kier alpha value is -0.900. The molecule has 0 aromatic carbocycles. The molecule has 0 radical (unpaired) electrons. The second-order valence-electron chi connectivity index (χ2n) is 1.96. The predicted octanol–water partition coefficient (Wildman–Crippen LogP) is 0.832. The van der Waals surface area contributed by atoms with Crippen molar-refractivity contribution < 1.29 is 14.7 Å². The molecule has 0 rings (SSSR count). The zero-order valence-corrected chi connectivity index (χ0v) is 6.83. The topological polar surface area (TPSA) is 58.9 Å². The Morgan fingerprint density at radius 2 is 2.18 bits per heavy atom. The number of ketones is 1. The van der Waals surface area contributed by atoms with Gasteiger partial charge in [-0.1, -0.05) is 12.1 Å². The van der Waals surface area contributed by atoms with E-state index in [1.165, 1.54) is 0 Å². The molecule has 0 aliphatic carbocycles. The maximum Gasteiger partial charge on any atom is 0.182 e. The molecule has 0 spiro atoms. The fourth-order valence-corrected chi connectivity index (χ4v) is 0.568. The Balaban J connectivity index is 3.87. The Morgan fingerprint density at radius 1 is 1.55 bits per heavy atom. The molecule has 0 aromatic heterocycles. The van der Waals surface area contributed by atoms with E-state index in [-0.39, 0.29) is 18.1 Å². The number of nitrogens with zero attached hydrogens (tertiary/aromatic N) is 1. The molecule has 0 aromatic rings. The number of ether oxygens (including phenoxy) is 1. The third kappa shape index (κ3) is 3.72. The van der Waals surface area contributed by atoms with Crippen molar-refractivity contribution in [2.24, 2.45) is 5.16 Å². The monoisotopic (exact) mass is 159 g/mol. The van der Waals surface area contributed by atoms with Gasteiger partial charge < -0.3 is 9.94 Å². The van der Waals surface area contributed by atoms with Gasteiger partial charge in [-0.2, -0.15) is 0 Å². The average Bonchev–Trinajstić information content (AvgIpc) is 2.05. The molecule has 4 heteroatoms. The molecule has 0 saturated heterocycles. The highest BCUT2D eigenvalue weighted by Gasteiger charge is 2.08. The fraction of sp³-hybridized carbons (Fsp3) is 0.714. The van der Waals surface area contributed by atoms with E-state index in [1.54, 1.807) is 6.92 Å². The lowest BCUT2D eigenvalue weighted by Crippen LogP contribution is -2.19. The van der Waals surface area contributed by atoms with Crippen molar-refractivity contribution in [2.45, 2.75) is 20.3 Å². The van der Waals surface area contributed by atoms with Gasteiger partial charge in [-0.15, -0.1) is 0 Å². The highest BCUT2D eigenvalue weighted by molar-refractivity contribution is 6.40. The average molecular weight is 159 g/mol. The van der Waals surface area contributed by atoms with E-state index in [1.807, 2.05) is 6.92 Å². The summed E-state index contributed by atoms with van der Waals surface area (Å²) in [7, 11) is 0. The van der Waals surface area contributed by atoms with Crippen molar-refractivity contribution >= 4 is 11.5 Å². The summed E-state index contributed by atoms with van der Waals surface area (Å²) in [5.74, 6) is -0.180. The van der Waals surface area contributed by atoms with Crippen LogP contribution in [0.4, 0.5) is 0 Å². The van der Waals surface area contributed by atoms with Crippen LogP contribution in [0.25, 0.3) is 0 Å². The third-order valence-corrected chi connectivity index (χ3v) is 1.21. The molecule has 0 aliphatic heterocycles. The molecule has 0 amide bonds. The summed E-state index contributed by atoms with van der Waals surface area (Å²) in [5.41, 5.74) is 0.0920. The molecule has 0 saturated carbocycles. The summed E-state index contributed by atoms with van der Waals surface area (Å²) in [6.45, 7) is 4.13. The lowest BCUT2D eigenvalue weighted by Gasteiger charge is -2.00. The van der Waals surface area contributed by atoms with Crippen LogP contribution < -0.4 is 0 Å². The standard InChI is InChI=1S/C7H13NO3/c1-3-7(9)6(8-10)5-11-4-2/h10H,3-5H2,1-2H3/b8-6+. The maximum atomic E-state index is 10.9. The molecule has 0 unspecified atom stereocenters. The molecule has 0 aliphatic rings. The van der Waals surface area contributed by atoms with Crippen molar-refractivity contribution in [3.8, 4) is 0 Å². The molecular weight excluding hydrogens is 146 g/mol. The Morgan fingerprint density at radius 3 is 2.55 bits per heavy atom. The van der Waals surface area contributed by atoms with Gasteiger partial charge in [-0.3, -0.25) is 4.79 Å². The van der Waals surface area contributed by atoms with E-state index in [9.17, 15) is 4.79 Å². The van der Waals surface area contributed by atoms with Gasteiger partial charge >= 0.3 is 0 Å². The third-order valence-electron chi connectivity index (χ3n) is 1.21. The van der Waals surface area contributed by atoms with Crippen LogP contribution >= 0.6 is 0 Å².